The van der Waals surface area contributed by atoms with Crippen LogP contribution >= 0.6 is 0 Å². The van der Waals surface area contributed by atoms with Crippen LogP contribution in [-0.2, 0) is 0 Å². The van der Waals surface area contributed by atoms with Crippen LogP contribution in [0.1, 0.15) is 53.4 Å². The standard InChI is InChI=1S/C14H26O/c1-5-12(10-15)7-9-13-8-6-11(2)14(13,3)4/h7,11,13,15H,5-6,8-10H2,1-4H3/t11?,13-/m1/s1. The molecule has 2 atom stereocenters. The van der Waals surface area contributed by atoms with E-state index in [1.54, 1.807) is 0 Å². The molecule has 0 amide bonds. The van der Waals surface area contributed by atoms with E-state index in [0.29, 0.717) is 5.41 Å². The third-order valence-corrected chi connectivity index (χ3v) is 4.62. The molecule has 88 valence electrons. The Bertz CT molecular complexity index is 221. The summed E-state index contributed by atoms with van der Waals surface area (Å²) in [5.74, 6) is 1.65. The van der Waals surface area contributed by atoms with Crippen LogP contribution in [0.4, 0.5) is 0 Å². The van der Waals surface area contributed by atoms with Crippen LogP contribution in [0, 0.1) is 17.3 Å². The normalized spacial score (nSPS) is 30.9. The van der Waals surface area contributed by atoms with Gasteiger partial charge >= 0.3 is 0 Å². The van der Waals surface area contributed by atoms with Crippen molar-refractivity contribution in [1.82, 2.24) is 0 Å². The van der Waals surface area contributed by atoms with Gasteiger partial charge in [-0.25, -0.2) is 0 Å². The Morgan fingerprint density at radius 2 is 2.07 bits per heavy atom. The van der Waals surface area contributed by atoms with Crippen molar-refractivity contribution in [3.05, 3.63) is 11.6 Å². The van der Waals surface area contributed by atoms with Gasteiger partial charge < -0.3 is 5.11 Å². The Kier molecular flexibility index (Phi) is 4.39. The molecular formula is C14H26O. The third kappa shape index (κ3) is 2.84. The second-order valence-electron chi connectivity index (χ2n) is 5.61. The average Bonchev–Trinajstić information content (AvgIpc) is 2.45. The van der Waals surface area contributed by atoms with E-state index < -0.39 is 0 Å². The molecule has 0 aromatic rings. The van der Waals surface area contributed by atoms with Crippen molar-refractivity contribution < 1.29 is 5.11 Å². The third-order valence-electron chi connectivity index (χ3n) is 4.62. The molecule has 1 fully saturated rings. The zero-order valence-electron chi connectivity index (χ0n) is 10.7. The second-order valence-corrected chi connectivity index (χ2v) is 5.61. The first-order valence-electron chi connectivity index (χ1n) is 6.31. The summed E-state index contributed by atoms with van der Waals surface area (Å²) in [5, 5.41) is 9.11. The van der Waals surface area contributed by atoms with Gasteiger partial charge in [-0.15, -0.1) is 0 Å². The molecule has 0 spiro atoms. The highest BCUT2D eigenvalue weighted by molar-refractivity contribution is 5.04. The minimum absolute atomic E-state index is 0.235. The van der Waals surface area contributed by atoms with Gasteiger partial charge in [0, 0.05) is 0 Å². The SMILES string of the molecule is CCC(=CC[C@H]1CCC(C)C1(C)C)CO. The molecule has 1 aliphatic rings. The van der Waals surface area contributed by atoms with Gasteiger partial charge in [0.2, 0.25) is 0 Å². The van der Waals surface area contributed by atoms with Crippen molar-refractivity contribution in [2.24, 2.45) is 17.3 Å². The Morgan fingerprint density at radius 1 is 1.40 bits per heavy atom. The van der Waals surface area contributed by atoms with E-state index in [2.05, 4.69) is 33.8 Å². The lowest BCUT2D eigenvalue weighted by molar-refractivity contribution is 0.199. The first-order valence-corrected chi connectivity index (χ1v) is 6.31. The highest BCUT2D eigenvalue weighted by Crippen LogP contribution is 2.48. The van der Waals surface area contributed by atoms with Gasteiger partial charge in [-0.2, -0.15) is 0 Å². The highest BCUT2D eigenvalue weighted by Gasteiger charge is 2.39. The number of aliphatic hydroxyl groups is 1. The maximum atomic E-state index is 9.11. The largest absolute Gasteiger partial charge is 0.392 e. The van der Waals surface area contributed by atoms with Gasteiger partial charge in [-0.1, -0.05) is 33.8 Å². The summed E-state index contributed by atoms with van der Waals surface area (Å²) in [7, 11) is 0. The molecule has 1 rings (SSSR count). The first kappa shape index (κ1) is 12.8. The summed E-state index contributed by atoms with van der Waals surface area (Å²) in [4.78, 5) is 0. The number of rotatable bonds is 4. The zero-order chi connectivity index (χ0) is 11.5. The van der Waals surface area contributed by atoms with E-state index >= 15 is 0 Å². The smallest absolute Gasteiger partial charge is 0.0641 e. The molecule has 1 unspecified atom stereocenters. The van der Waals surface area contributed by atoms with E-state index in [-0.39, 0.29) is 6.61 Å². The molecule has 1 heteroatoms. The number of hydrogen-bond donors (Lipinski definition) is 1. The summed E-state index contributed by atoms with van der Waals surface area (Å²) in [5.41, 5.74) is 1.68. The Balaban J connectivity index is 2.56. The van der Waals surface area contributed by atoms with Crippen molar-refractivity contribution in [1.29, 1.82) is 0 Å². The lowest BCUT2D eigenvalue weighted by Gasteiger charge is -2.30. The monoisotopic (exact) mass is 210 g/mol. The zero-order valence-corrected chi connectivity index (χ0v) is 10.7. The van der Waals surface area contributed by atoms with E-state index in [1.165, 1.54) is 18.4 Å². The molecule has 0 heterocycles. The molecule has 1 aliphatic carbocycles. The number of aliphatic hydroxyl groups excluding tert-OH is 1. The molecule has 15 heavy (non-hydrogen) atoms. The van der Waals surface area contributed by atoms with Gasteiger partial charge in [-0.05, 0) is 48.5 Å². The fraction of sp³-hybridized carbons (Fsp3) is 0.857. The molecule has 0 aliphatic heterocycles. The van der Waals surface area contributed by atoms with E-state index in [0.717, 1.165) is 24.7 Å². The minimum atomic E-state index is 0.235. The minimum Gasteiger partial charge on any atom is -0.392 e. The van der Waals surface area contributed by atoms with Crippen molar-refractivity contribution in [2.75, 3.05) is 6.61 Å². The van der Waals surface area contributed by atoms with Crippen LogP contribution in [0.5, 0.6) is 0 Å². The molecule has 0 radical (unpaired) electrons. The van der Waals surface area contributed by atoms with Crippen molar-refractivity contribution in [3.63, 3.8) is 0 Å². The quantitative estimate of drug-likeness (QED) is 0.700. The predicted molar refractivity (Wildman–Crippen MR) is 65.7 cm³/mol. The van der Waals surface area contributed by atoms with Crippen molar-refractivity contribution in [2.45, 2.75) is 53.4 Å². The molecule has 0 bridgehead atoms. The van der Waals surface area contributed by atoms with Crippen molar-refractivity contribution >= 4 is 0 Å². The Hall–Kier alpha value is -0.300. The topological polar surface area (TPSA) is 20.2 Å². The summed E-state index contributed by atoms with van der Waals surface area (Å²) in [6.45, 7) is 9.52. The summed E-state index contributed by atoms with van der Waals surface area (Å²) in [6.07, 6.45) is 7.13. The fourth-order valence-electron chi connectivity index (χ4n) is 2.65. The number of hydrogen-bond acceptors (Lipinski definition) is 1. The fourth-order valence-corrected chi connectivity index (χ4v) is 2.65. The molecule has 1 nitrogen and oxygen atoms in total. The second kappa shape index (κ2) is 5.16. The van der Waals surface area contributed by atoms with Crippen LogP contribution in [-0.4, -0.2) is 11.7 Å². The van der Waals surface area contributed by atoms with E-state index in [9.17, 15) is 0 Å². The van der Waals surface area contributed by atoms with Gasteiger partial charge in [0.15, 0.2) is 0 Å². The predicted octanol–water partition coefficient (Wildman–Crippen LogP) is 3.78. The summed E-state index contributed by atoms with van der Waals surface area (Å²) >= 11 is 0. The van der Waals surface area contributed by atoms with Gasteiger partial charge in [0.1, 0.15) is 0 Å². The average molecular weight is 210 g/mol. The van der Waals surface area contributed by atoms with E-state index in [1.807, 2.05) is 0 Å². The van der Waals surface area contributed by atoms with Crippen LogP contribution in [0.2, 0.25) is 0 Å². The molecule has 1 saturated carbocycles. The van der Waals surface area contributed by atoms with Crippen LogP contribution in [0.3, 0.4) is 0 Å². The first-order chi connectivity index (χ1) is 7.02. The molecule has 0 aromatic carbocycles. The maximum absolute atomic E-state index is 9.11. The Labute approximate surface area is 94.6 Å². The molecule has 0 saturated heterocycles. The Morgan fingerprint density at radius 3 is 2.47 bits per heavy atom. The molecule has 0 aromatic heterocycles. The van der Waals surface area contributed by atoms with Crippen LogP contribution in [0.15, 0.2) is 11.6 Å². The molecular weight excluding hydrogens is 184 g/mol. The van der Waals surface area contributed by atoms with Crippen molar-refractivity contribution in [3.8, 4) is 0 Å². The number of allylic oxidation sites excluding steroid dienone is 1. The summed E-state index contributed by atoms with van der Waals surface area (Å²) in [6, 6.07) is 0. The highest BCUT2D eigenvalue weighted by atomic mass is 16.3. The molecule has 1 N–H and O–H groups in total. The van der Waals surface area contributed by atoms with Gasteiger partial charge in [-0.3, -0.25) is 0 Å². The van der Waals surface area contributed by atoms with E-state index in [4.69, 9.17) is 5.11 Å². The maximum Gasteiger partial charge on any atom is 0.0641 e. The van der Waals surface area contributed by atoms with Gasteiger partial charge in [0.05, 0.1) is 6.61 Å². The van der Waals surface area contributed by atoms with Gasteiger partial charge in [0.25, 0.3) is 0 Å². The lowest BCUT2D eigenvalue weighted by atomic mass is 9.75. The van der Waals surface area contributed by atoms with Crippen LogP contribution < -0.4 is 0 Å². The lowest BCUT2D eigenvalue weighted by Crippen LogP contribution is -2.22. The van der Waals surface area contributed by atoms with Crippen LogP contribution in [0.25, 0.3) is 0 Å². The summed E-state index contributed by atoms with van der Waals surface area (Å²) < 4.78 is 0.